The number of nitrogens with one attached hydrogen (secondary N) is 2. The largest absolute Gasteiger partial charge is 0.388 e. The fourth-order valence-corrected chi connectivity index (χ4v) is 1.70. The lowest BCUT2D eigenvalue weighted by Gasteiger charge is -2.21. The molecule has 3 N–H and O–H groups in total. The Balaban J connectivity index is 2.59. The van der Waals surface area contributed by atoms with E-state index >= 15 is 0 Å². The second-order valence-electron chi connectivity index (χ2n) is 5.73. The van der Waals surface area contributed by atoms with Crippen LogP contribution in [0.4, 0.5) is 10.5 Å². The van der Waals surface area contributed by atoms with E-state index in [1.54, 1.807) is 24.9 Å². The van der Waals surface area contributed by atoms with Crippen molar-refractivity contribution in [2.45, 2.75) is 39.3 Å². The number of benzene rings is 1. The minimum Gasteiger partial charge on any atom is -0.388 e. The standard InChI is InChI=1S/C16H25N3O3/c1-5-16(3,22)11-17-15(21)18-14-8-6-7-13(9-14)10-19(4)12(2)20/h6-9,22H,5,10-11H2,1-4H3,(H2,17,18,21)/t16-/m0/s1. The lowest BCUT2D eigenvalue weighted by Crippen LogP contribution is -2.41. The lowest BCUT2D eigenvalue weighted by molar-refractivity contribution is -0.128. The molecule has 0 aromatic heterocycles. The van der Waals surface area contributed by atoms with Gasteiger partial charge in [0.15, 0.2) is 0 Å². The molecule has 6 heteroatoms. The lowest BCUT2D eigenvalue weighted by atomic mass is 10.0. The summed E-state index contributed by atoms with van der Waals surface area (Å²) in [6, 6.07) is 6.93. The van der Waals surface area contributed by atoms with Crippen LogP contribution in [0.3, 0.4) is 0 Å². The summed E-state index contributed by atoms with van der Waals surface area (Å²) in [7, 11) is 1.72. The van der Waals surface area contributed by atoms with E-state index in [9.17, 15) is 14.7 Å². The summed E-state index contributed by atoms with van der Waals surface area (Å²) in [4.78, 5) is 24.7. The van der Waals surface area contributed by atoms with Crippen LogP contribution in [-0.2, 0) is 11.3 Å². The normalized spacial score (nSPS) is 13.1. The predicted octanol–water partition coefficient (Wildman–Crippen LogP) is 1.95. The van der Waals surface area contributed by atoms with Crippen LogP contribution in [0.5, 0.6) is 0 Å². The number of nitrogens with zero attached hydrogens (tertiary/aromatic N) is 1. The molecule has 22 heavy (non-hydrogen) atoms. The van der Waals surface area contributed by atoms with Crippen molar-refractivity contribution in [3.8, 4) is 0 Å². The molecule has 0 aliphatic rings. The first kappa shape index (κ1) is 18.0. The monoisotopic (exact) mass is 307 g/mol. The maximum atomic E-state index is 11.8. The minimum absolute atomic E-state index is 0.0158. The molecule has 0 heterocycles. The van der Waals surface area contributed by atoms with Crippen molar-refractivity contribution in [3.63, 3.8) is 0 Å². The molecule has 1 atom stereocenters. The minimum atomic E-state index is -0.913. The average molecular weight is 307 g/mol. The van der Waals surface area contributed by atoms with Crippen molar-refractivity contribution in [2.75, 3.05) is 18.9 Å². The number of amides is 3. The third-order valence-electron chi connectivity index (χ3n) is 3.53. The van der Waals surface area contributed by atoms with Crippen LogP contribution in [-0.4, -0.2) is 41.1 Å². The van der Waals surface area contributed by atoms with Crippen LogP contribution in [0.2, 0.25) is 0 Å². The summed E-state index contributed by atoms with van der Waals surface area (Å²) >= 11 is 0. The van der Waals surface area contributed by atoms with Crippen LogP contribution in [0.15, 0.2) is 24.3 Å². The van der Waals surface area contributed by atoms with Gasteiger partial charge in [0.05, 0.1) is 5.60 Å². The number of hydrogen-bond donors (Lipinski definition) is 3. The second-order valence-corrected chi connectivity index (χ2v) is 5.73. The third kappa shape index (κ3) is 6.13. The molecular weight excluding hydrogens is 282 g/mol. The molecule has 0 saturated carbocycles. The van der Waals surface area contributed by atoms with Gasteiger partial charge in [-0.25, -0.2) is 4.79 Å². The Hall–Kier alpha value is -2.08. The highest BCUT2D eigenvalue weighted by Crippen LogP contribution is 2.12. The Bertz CT molecular complexity index is 529. The molecule has 0 unspecified atom stereocenters. The molecule has 0 aliphatic heterocycles. The van der Waals surface area contributed by atoms with E-state index in [1.165, 1.54) is 6.92 Å². The fourth-order valence-electron chi connectivity index (χ4n) is 1.70. The molecule has 0 saturated heterocycles. The maximum absolute atomic E-state index is 11.8. The Morgan fingerprint density at radius 3 is 2.64 bits per heavy atom. The first-order valence-corrected chi connectivity index (χ1v) is 7.31. The highest BCUT2D eigenvalue weighted by molar-refractivity contribution is 5.89. The van der Waals surface area contributed by atoms with Gasteiger partial charge in [-0.1, -0.05) is 19.1 Å². The van der Waals surface area contributed by atoms with Gasteiger partial charge in [0.1, 0.15) is 0 Å². The Labute approximate surface area is 131 Å². The van der Waals surface area contributed by atoms with E-state index < -0.39 is 5.60 Å². The number of anilines is 1. The van der Waals surface area contributed by atoms with E-state index in [-0.39, 0.29) is 18.5 Å². The quantitative estimate of drug-likeness (QED) is 0.751. The Morgan fingerprint density at radius 1 is 1.36 bits per heavy atom. The summed E-state index contributed by atoms with van der Waals surface area (Å²) in [5, 5.41) is 15.2. The van der Waals surface area contributed by atoms with Crippen molar-refractivity contribution in [2.24, 2.45) is 0 Å². The smallest absolute Gasteiger partial charge is 0.319 e. The summed E-state index contributed by atoms with van der Waals surface area (Å²) in [5.74, 6) is -0.0158. The van der Waals surface area contributed by atoms with E-state index in [2.05, 4.69) is 10.6 Å². The SMILES string of the molecule is CC[C@](C)(O)CNC(=O)Nc1cccc(CN(C)C(C)=O)c1. The topological polar surface area (TPSA) is 81.7 Å². The molecule has 0 fully saturated rings. The zero-order valence-electron chi connectivity index (χ0n) is 13.6. The number of carbonyl (C=O) groups excluding carboxylic acids is 2. The van der Waals surface area contributed by atoms with Crippen molar-refractivity contribution < 1.29 is 14.7 Å². The van der Waals surface area contributed by atoms with Gasteiger partial charge < -0.3 is 20.6 Å². The van der Waals surface area contributed by atoms with E-state index in [4.69, 9.17) is 0 Å². The first-order chi connectivity index (χ1) is 10.2. The summed E-state index contributed by atoms with van der Waals surface area (Å²) in [5.41, 5.74) is 0.655. The maximum Gasteiger partial charge on any atom is 0.319 e. The van der Waals surface area contributed by atoms with Gasteiger partial charge in [-0.3, -0.25) is 4.79 Å². The van der Waals surface area contributed by atoms with Crippen LogP contribution in [0.1, 0.15) is 32.8 Å². The number of aliphatic hydroxyl groups is 1. The number of rotatable bonds is 6. The summed E-state index contributed by atoms with van der Waals surface area (Å²) in [6.45, 7) is 5.70. The van der Waals surface area contributed by atoms with E-state index in [0.717, 1.165) is 5.56 Å². The molecule has 1 aromatic rings. The van der Waals surface area contributed by atoms with Gasteiger partial charge in [-0.15, -0.1) is 0 Å². The molecule has 0 spiro atoms. The number of hydrogen-bond acceptors (Lipinski definition) is 3. The average Bonchev–Trinajstić information content (AvgIpc) is 2.45. The predicted molar refractivity (Wildman–Crippen MR) is 86.5 cm³/mol. The Kier molecular flexibility index (Phi) is 6.37. The number of urea groups is 1. The number of carbonyl (C=O) groups is 2. The first-order valence-electron chi connectivity index (χ1n) is 7.31. The van der Waals surface area contributed by atoms with Crippen molar-refractivity contribution in [1.82, 2.24) is 10.2 Å². The molecule has 122 valence electrons. The highest BCUT2D eigenvalue weighted by Gasteiger charge is 2.18. The van der Waals surface area contributed by atoms with E-state index in [1.807, 2.05) is 25.1 Å². The summed E-state index contributed by atoms with van der Waals surface area (Å²) < 4.78 is 0. The van der Waals surface area contributed by atoms with Crippen LogP contribution >= 0.6 is 0 Å². The molecule has 1 aromatic carbocycles. The highest BCUT2D eigenvalue weighted by atomic mass is 16.3. The summed E-state index contributed by atoms with van der Waals surface area (Å²) in [6.07, 6.45) is 0.556. The van der Waals surface area contributed by atoms with Crippen LogP contribution < -0.4 is 10.6 Å². The van der Waals surface area contributed by atoms with E-state index in [0.29, 0.717) is 18.7 Å². The van der Waals surface area contributed by atoms with Crippen LogP contribution in [0.25, 0.3) is 0 Å². The van der Waals surface area contributed by atoms with Crippen molar-refractivity contribution in [1.29, 1.82) is 0 Å². The van der Waals surface area contributed by atoms with Crippen LogP contribution in [0, 0.1) is 0 Å². The van der Waals surface area contributed by atoms with Gasteiger partial charge in [0.2, 0.25) is 5.91 Å². The zero-order chi connectivity index (χ0) is 16.8. The third-order valence-corrected chi connectivity index (χ3v) is 3.53. The zero-order valence-corrected chi connectivity index (χ0v) is 13.6. The molecule has 3 amide bonds. The van der Waals surface area contributed by atoms with Gasteiger partial charge in [-0.2, -0.15) is 0 Å². The molecule has 6 nitrogen and oxygen atoms in total. The molecule has 0 aliphatic carbocycles. The molecular formula is C16H25N3O3. The van der Waals surface area contributed by atoms with Gasteiger partial charge in [0, 0.05) is 32.7 Å². The second kappa shape index (κ2) is 7.79. The van der Waals surface area contributed by atoms with Gasteiger partial charge in [0.25, 0.3) is 0 Å². The molecule has 0 bridgehead atoms. The van der Waals surface area contributed by atoms with Gasteiger partial charge >= 0.3 is 6.03 Å². The molecule has 1 rings (SSSR count). The fraction of sp³-hybridized carbons (Fsp3) is 0.500. The van der Waals surface area contributed by atoms with Gasteiger partial charge in [-0.05, 0) is 31.0 Å². The van der Waals surface area contributed by atoms with Crippen molar-refractivity contribution >= 4 is 17.6 Å². The molecule has 0 radical (unpaired) electrons. The van der Waals surface area contributed by atoms with Crippen molar-refractivity contribution in [3.05, 3.63) is 29.8 Å². The Morgan fingerprint density at radius 2 is 2.05 bits per heavy atom.